The fourth-order valence-corrected chi connectivity index (χ4v) is 1.38. The molecule has 0 aliphatic heterocycles. The third-order valence-electron chi connectivity index (χ3n) is 2.05. The van der Waals surface area contributed by atoms with E-state index in [0.29, 0.717) is 31.8 Å². The van der Waals surface area contributed by atoms with E-state index < -0.39 is 0 Å². The number of hydrogen-bond donors (Lipinski definition) is 2. The lowest BCUT2D eigenvalue weighted by molar-refractivity contribution is -0.109. The second-order valence-corrected chi connectivity index (χ2v) is 3.43. The maximum absolute atomic E-state index is 10.3. The summed E-state index contributed by atoms with van der Waals surface area (Å²) in [6.07, 6.45) is 2.52. The van der Waals surface area contributed by atoms with Gasteiger partial charge in [-0.25, -0.2) is 4.99 Å². The van der Waals surface area contributed by atoms with Crippen molar-refractivity contribution in [1.82, 2.24) is 10.6 Å². The zero-order valence-electron chi connectivity index (χ0n) is 10.1. The van der Waals surface area contributed by atoms with Crippen molar-refractivity contribution in [2.45, 2.75) is 6.54 Å². The number of amides is 2. The van der Waals surface area contributed by atoms with Gasteiger partial charge in [-0.15, -0.1) is 0 Å². The molecule has 0 radical (unpaired) electrons. The van der Waals surface area contributed by atoms with Crippen molar-refractivity contribution < 1.29 is 14.3 Å². The van der Waals surface area contributed by atoms with Crippen LogP contribution in [-0.4, -0.2) is 32.8 Å². The molecule has 1 aromatic carbocycles. The van der Waals surface area contributed by atoms with Crippen molar-refractivity contribution in [3.05, 3.63) is 29.3 Å². The second-order valence-electron chi connectivity index (χ2n) is 3.43. The highest BCUT2D eigenvalue weighted by Gasteiger charge is 2.01. The Labute approximate surface area is 105 Å². The average molecular weight is 249 g/mol. The van der Waals surface area contributed by atoms with E-state index in [1.807, 2.05) is 12.1 Å². The maximum atomic E-state index is 10.3. The van der Waals surface area contributed by atoms with Crippen LogP contribution < -0.4 is 15.4 Å². The van der Waals surface area contributed by atoms with E-state index in [2.05, 4.69) is 15.6 Å². The van der Waals surface area contributed by atoms with Crippen LogP contribution in [0.4, 0.5) is 0 Å². The first kappa shape index (κ1) is 13.9. The highest BCUT2D eigenvalue weighted by Crippen LogP contribution is 2.16. The molecule has 0 heterocycles. The number of nitrogens with one attached hydrogen (secondary N) is 2. The van der Waals surface area contributed by atoms with Gasteiger partial charge in [-0.2, -0.15) is 0 Å². The average Bonchev–Trinajstić information content (AvgIpc) is 2.40. The largest absolute Gasteiger partial charge is 0.478 e. The lowest BCUT2D eigenvalue weighted by Crippen LogP contribution is -2.15. The minimum Gasteiger partial charge on any atom is -0.478 e. The molecule has 0 bridgehead atoms. The van der Waals surface area contributed by atoms with E-state index in [-0.39, 0.29) is 0 Å². The molecule has 0 aliphatic rings. The number of carbonyl (C=O) groups excluding carboxylic acids is 2. The summed E-state index contributed by atoms with van der Waals surface area (Å²) in [5.41, 5.74) is 1.60. The predicted octanol–water partition coefficient (Wildman–Crippen LogP) is 0.0636. The first-order valence-electron chi connectivity index (χ1n) is 5.35. The summed E-state index contributed by atoms with van der Waals surface area (Å²) >= 11 is 0. The van der Waals surface area contributed by atoms with Gasteiger partial charge in [0.05, 0.1) is 0 Å². The SMILES string of the molecule is CNCOc1cc(/C=N/C=O)cc(CNC=O)c1. The predicted molar refractivity (Wildman–Crippen MR) is 67.6 cm³/mol. The Kier molecular flexibility index (Phi) is 6.13. The quantitative estimate of drug-likeness (QED) is 0.388. The number of benzene rings is 1. The van der Waals surface area contributed by atoms with Crippen molar-refractivity contribution in [2.75, 3.05) is 13.8 Å². The molecule has 2 N–H and O–H groups in total. The molecule has 0 saturated carbocycles. The molecular formula is C12H15N3O3. The first-order valence-corrected chi connectivity index (χ1v) is 5.35. The van der Waals surface area contributed by atoms with E-state index in [9.17, 15) is 9.59 Å². The van der Waals surface area contributed by atoms with E-state index in [0.717, 1.165) is 11.1 Å². The van der Waals surface area contributed by atoms with Gasteiger partial charge in [0.1, 0.15) is 12.5 Å². The van der Waals surface area contributed by atoms with Gasteiger partial charge in [-0.05, 0) is 36.4 Å². The topological polar surface area (TPSA) is 79.8 Å². The van der Waals surface area contributed by atoms with E-state index in [1.165, 1.54) is 6.21 Å². The second kappa shape index (κ2) is 7.97. The minimum atomic E-state index is 0.370. The van der Waals surface area contributed by atoms with Crippen LogP contribution in [0.1, 0.15) is 11.1 Å². The molecule has 0 spiro atoms. The maximum Gasteiger partial charge on any atom is 0.232 e. The summed E-state index contributed by atoms with van der Waals surface area (Å²) in [6.45, 7) is 0.761. The fourth-order valence-electron chi connectivity index (χ4n) is 1.38. The molecule has 2 amide bonds. The summed E-state index contributed by atoms with van der Waals surface area (Å²) in [6, 6.07) is 5.39. The first-order chi connectivity index (χ1) is 8.80. The van der Waals surface area contributed by atoms with Crippen molar-refractivity contribution in [3.8, 4) is 5.75 Å². The van der Waals surface area contributed by atoms with Crippen molar-refractivity contribution in [2.24, 2.45) is 4.99 Å². The molecular weight excluding hydrogens is 234 g/mol. The summed E-state index contributed by atoms with van der Waals surface area (Å²) in [5.74, 6) is 0.641. The van der Waals surface area contributed by atoms with Gasteiger partial charge in [0, 0.05) is 12.8 Å². The molecule has 6 nitrogen and oxygen atoms in total. The molecule has 0 aliphatic carbocycles. The molecule has 0 fully saturated rings. The highest BCUT2D eigenvalue weighted by molar-refractivity contribution is 5.85. The Balaban J connectivity index is 2.90. The van der Waals surface area contributed by atoms with Crippen LogP contribution in [0.2, 0.25) is 0 Å². The van der Waals surface area contributed by atoms with Crippen LogP contribution in [0.15, 0.2) is 23.2 Å². The summed E-state index contributed by atoms with van der Waals surface area (Å²) in [5, 5.41) is 5.42. The molecule has 0 aromatic heterocycles. The molecule has 96 valence electrons. The lowest BCUT2D eigenvalue weighted by atomic mass is 10.1. The van der Waals surface area contributed by atoms with Crippen molar-refractivity contribution in [1.29, 1.82) is 0 Å². The zero-order valence-corrected chi connectivity index (χ0v) is 10.1. The molecule has 1 aromatic rings. The van der Waals surface area contributed by atoms with Crippen LogP contribution >= 0.6 is 0 Å². The summed E-state index contributed by atoms with van der Waals surface area (Å²) in [7, 11) is 1.77. The molecule has 0 atom stereocenters. The third kappa shape index (κ3) is 4.75. The van der Waals surface area contributed by atoms with Crippen LogP contribution in [0.5, 0.6) is 5.75 Å². The number of carbonyl (C=O) groups is 2. The monoisotopic (exact) mass is 249 g/mol. The third-order valence-corrected chi connectivity index (χ3v) is 2.05. The number of aliphatic imine (C=N–C) groups is 1. The Morgan fingerprint density at radius 3 is 2.83 bits per heavy atom. The summed E-state index contributed by atoms with van der Waals surface area (Å²) in [4.78, 5) is 24.0. The zero-order chi connectivity index (χ0) is 13.2. The Bertz CT molecular complexity index is 433. The number of nitrogens with zero attached hydrogens (tertiary/aromatic N) is 1. The van der Waals surface area contributed by atoms with Gasteiger partial charge in [-0.1, -0.05) is 0 Å². The number of rotatable bonds is 8. The van der Waals surface area contributed by atoms with Crippen molar-refractivity contribution >= 4 is 19.0 Å². The minimum absolute atomic E-state index is 0.370. The molecule has 18 heavy (non-hydrogen) atoms. The number of hydrogen-bond acceptors (Lipinski definition) is 4. The molecule has 0 unspecified atom stereocenters. The normalized spacial score (nSPS) is 10.3. The van der Waals surface area contributed by atoms with Gasteiger partial charge < -0.3 is 10.1 Å². The smallest absolute Gasteiger partial charge is 0.232 e. The standard InChI is InChI=1S/C12H15N3O3/c1-13-9-18-12-3-10(5-14-7-16)2-11(4-12)6-15-8-17/h2-5,7-8,13H,6,9H2,1H3,(H,15,17)/b14-5+. The lowest BCUT2D eigenvalue weighted by Gasteiger charge is -2.09. The fraction of sp³-hybridized carbons (Fsp3) is 0.250. The van der Waals surface area contributed by atoms with Gasteiger partial charge in [-0.3, -0.25) is 14.9 Å². The van der Waals surface area contributed by atoms with Crippen LogP contribution in [0, 0.1) is 0 Å². The van der Waals surface area contributed by atoms with Gasteiger partial charge in [0.25, 0.3) is 0 Å². The highest BCUT2D eigenvalue weighted by atomic mass is 16.5. The van der Waals surface area contributed by atoms with Gasteiger partial charge >= 0.3 is 0 Å². The Morgan fingerprint density at radius 1 is 1.33 bits per heavy atom. The van der Waals surface area contributed by atoms with Gasteiger partial charge in [0.15, 0.2) is 0 Å². The molecule has 6 heteroatoms. The number of ether oxygens (including phenoxy) is 1. The Morgan fingerprint density at radius 2 is 2.17 bits per heavy atom. The van der Waals surface area contributed by atoms with Crippen molar-refractivity contribution in [3.63, 3.8) is 0 Å². The summed E-state index contributed by atoms with van der Waals surface area (Å²) < 4.78 is 5.42. The van der Waals surface area contributed by atoms with Crippen LogP contribution in [0.3, 0.4) is 0 Å². The van der Waals surface area contributed by atoms with Crippen LogP contribution in [0.25, 0.3) is 0 Å². The Hall–Kier alpha value is -2.21. The van der Waals surface area contributed by atoms with Crippen LogP contribution in [-0.2, 0) is 16.1 Å². The van der Waals surface area contributed by atoms with E-state index >= 15 is 0 Å². The molecule has 1 rings (SSSR count). The van der Waals surface area contributed by atoms with E-state index in [1.54, 1.807) is 13.1 Å². The molecule has 0 saturated heterocycles. The van der Waals surface area contributed by atoms with Gasteiger partial charge in [0.2, 0.25) is 12.8 Å². The van der Waals surface area contributed by atoms with E-state index in [4.69, 9.17) is 4.74 Å².